The van der Waals surface area contributed by atoms with Gasteiger partial charge in [-0.15, -0.1) is 0 Å². The number of hydrogen-bond acceptors (Lipinski definition) is 3. The average molecular weight is 337 g/mol. The lowest BCUT2D eigenvalue weighted by Crippen LogP contribution is -2.36. The van der Waals surface area contributed by atoms with Crippen LogP contribution in [0.15, 0.2) is 24.4 Å². The molecule has 1 amide bonds. The van der Waals surface area contributed by atoms with Crippen molar-refractivity contribution < 1.29 is 23.5 Å². The third-order valence-corrected chi connectivity index (χ3v) is 3.37. The van der Waals surface area contributed by atoms with E-state index in [2.05, 4.69) is 5.10 Å². The monoisotopic (exact) mass is 337 g/mol. The molecule has 1 heterocycles. The van der Waals surface area contributed by atoms with Gasteiger partial charge in [0, 0.05) is 18.3 Å². The molecule has 128 valence electrons. The maximum Gasteiger partial charge on any atom is 0.323 e. The summed E-state index contributed by atoms with van der Waals surface area (Å²) in [6, 6.07) is 3.40. The van der Waals surface area contributed by atoms with Gasteiger partial charge in [-0.05, 0) is 25.5 Å². The van der Waals surface area contributed by atoms with Crippen LogP contribution in [-0.4, -0.2) is 44.8 Å². The van der Waals surface area contributed by atoms with Crippen LogP contribution in [0.1, 0.15) is 29.4 Å². The average Bonchev–Trinajstić information content (AvgIpc) is 2.87. The van der Waals surface area contributed by atoms with Gasteiger partial charge in [0.2, 0.25) is 0 Å². The van der Waals surface area contributed by atoms with E-state index in [1.165, 1.54) is 12.3 Å². The van der Waals surface area contributed by atoms with Crippen molar-refractivity contribution in [2.45, 2.75) is 20.3 Å². The smallest absolute Gasteiger partial charge is 0.323 e. The number of amides is 1. The van der Waals surface area contributed by atoms with E-state index in [1.807, 2.05) is 6.92 Å². The first kappa shape index (κ1) is 17.6. The van der Waals surface area contributed by atoms with E-state index in [0.717, 1.165) is 21.7 Å². The van der Waals surface area contributed by atoms with Crippen molar-refractivity contribution in [1.29, 1.82) is 0 Å². The van der Waals surface area contributed by atoms with Crippen molar-refractivity contribution in [1.82, 2.24) is 14.7 Å². The van der Waals surface area contributed by atoms with Gasteiger partial charge in [-0.25, -0.2) is 13.5 Å². The Hall–Kier alpha value is -2.77. The number of aromatic nitrogens is 2. The van der Waals surface area contributed by atoms with Crippen LogP contribution in [0.4, 0.5) is 8.78 Å². The molecular formula is C16H17F2N3O3. The molecule has 0 fully saturated rings. The van der Waals surface area contributed by atoms with Gasteiger partial charge >= 0.3 is 5.97 Å². The maximum atomic E-state index is 13.9. The first-order chi connectivity index (χ1) is 11.3. The Morgan fingerprint density at radius 1 is 1.29 bits per heavy atom. The number of benzene rings is 1. The summed E-state index contributed by atoms with van der Waals surface area (Å²) >= 11 is 0. The minimum atomic E-state index is -1.14. The Kier molecular flexibility index (Phi) is 5.28. The van der Waals surface area contributed by atoms with Crippen LogP contribution in [0.2, 0.25) is 0 Å². The fourth-order valence-electron chi connectivity index (χ4n) is 2.33. The number of carboxylic acids is 1. The molecule has 2 rings (SSSR count). The van der Waals surface area contributed by atoms with Gasteiger partial charge in [-0.2, -0.15) is 5.10 Å². The van der Waals surface area contributed by atoms with E-state index in [-0.39, 0.29) is 17.9 Å². The Morgan fingerprint density at radius 2 is 1.92 bits per heavy atom. The van der Waals surface area contributed by atoms with Crippen molar-refractivity contribution >= 4 is 11.9 Å². The zero-order valence-corrected chi connectivity index (χ0v) is 13.3. The molecule has 0 bridgehead atoms. The summed E-state index contributed by atoms with van der Waals surface area (Å²) in [7, 11) is 0. The minimum absolute atomic E-state index is 0.0349. The van der Waals surface area contributed by atoms with Crippen LogP contribution in [0, 0.1) is 18.6 Å². The van der Waals surface area contributed by atoms with Gasteiger partial charge in [-0.1, -0.05) is 13.0 Å². The van der Waals surface area contributed by atoms with Gasteiger partial charge in [0.1, 0.15) is 12.2 Å². The second-order valence-electron chi connectivity index (χ2n) is 5.30. The van der Waals surface area contributed by atoms with Crippen LogP contribution >= 0.6 is 0 Å². The Bertz CT molecular complexity index is 754. The molecule has 24 heavy (non-hydrogen) atoms. The summed E-state index contributed by atoms with van der Waals surface area (Å²) in [5.74, 6) is -3.36. The zero-order chi connectivity index (χ0) is 17.9. The van der Waals surface area contributed by atoms with E-state index >= 15 is 0 Å². The number of aryl methyl sites for hydroxylation is 1. The molecule has 0 saturated heterocycles. The molecular weight excluding hydrogens is 320 g/mol. The number of para-hydroxylation sites is 1. The molecule has 0 atom stereocenters. The third-order valence-electron chi connectivity index (χ3n) is 3.37. The van der Waals surface area contributed by atoms with Crippen molar-refractivity contribution in [3.05, 3.63) is 47.3 Å². The van der Waals surface area contributed by atoms with Gasteiger partial charge in [0.05, 0.1) is 0 Å². The molecule has 0 aliphatic heterocycles. The van der Waals surface area contributed by atoms with E-state index in [0.29, 0.717) is 12.0 Å². The number of hydrogen-bond donors (Lipinski definition) is 1. The van der Waals surface area contributed by atoms with E-state index in [4.69, 9.17) is 5.11 Å². The SMILES string of the molecule is CCCN(CC(=O)O)C(=O)c1nn(-c2c(F)cccc2F)cc1C. The molecule has 2 aromatic rings. The highest BCUT2D eigenvalue weighted by atomic mass is 19.1. The number of rotatable bonds is 6. The van der Waals surface area contributed by atoms with Crippen LogP contribution in [0.5, 0.6) is 0 Å². The second kappa shape index (κ2) is 7.20. The number of carbonyl (C=O) groups excluding carboxylic acids is 1. The highest BCUT2D eigenvalue weighted by Crippen LogP contribution is 2.19. The number of nitrogens with zero attached hydrogens (tertiary/aromatic N) is 3. The molecule has 0 saturated carbocycles. The first-order valence-electron chi connectivity index (χ1n) is 7.36. The standard InChI is InChI=1S/C16H17F2N3O3/c1-3-7-20(9-13(22)23)16(24)14-10(2)8-21(19-14)15-11(17)5-4-6-12(15)18/h4-6,8H,3,7,9H2,1-2H3,(H,22,23). The summed E-state index contributed by atoms with van der Waals surface area (Å²) in [4.78, 5) is 24.5. The Morgan fingerprint density at radius 3 is 2.46 bits per heavy atom. The molecule has 0 aliphatic rings. The molecule has 6 nitrogen and oxygen atoms in total. The maximum absolute atomic E-state index is 13.9. The predicted octanol–water partition coefficient (Wildman–Crippen LogP) is 2.40. The number of halogens is 2. The summed E-state index contributed by atoms with van der Waals surface area (Å²) in [5.41, 5.74) is -0.0265. The van der Waals surface area contributed by atoms with Crippen molar-refractivity contribution in [3.63, 3.8) is 0 Å². The van der Waals surface area contributed by atoms with Crippen LogP contribution < -0.4 is 0 Å². The number of carboxylic acid groups (broad SMARTS) is 1. The molecule has 0 aliphatic carbocycles. The fraction of sp³-hybridized carbons (Fsp3) is 0.312. The molecule has 1 aromatic carbocycles. The first-order valence-corrected chi connectivity index (χ1v) is 7.36. The van der Waals surface area contributed by atoms with Crippen LogP contribution in [-0.2, 0) is 4.79 Å². The number of carbonyl (C=O) groups is 2. The molecule has 0 unspecified atom stereocenters. The Labute approximate surface area is 137 Å². The molecule has 8 heteroatoms. The highest BCUT2D eigenvalue weighted by Gasteiger charge is 2.24. The summed E-state index contributed by atoms with van der Waals surface area (Å²) < 4.78 is 28.7. The van der Waals surface area contributed by atoms with Crippen LogP contribution in [0.25, 0.3) is 5.69 Å². The minimum Gasteiger partial charge on any atom is -0.480 e. The normalized spacial score (nSPS) is 10.7. The van der Waals surface area contributed by atoms with Gasteiger partial charge in [-0.3, -0.25) is 9.59 Å². The quantitative estimate of drug-likeness (QED) is 0.878. The lowest BCUT2D eigenvalue weighted by molar-refractivity contribution is -0.137. The van der Waals surface area contributed by atoms with E-state index < -0.39 is 30.1 Å². The largest absolute Gasteiger partial charge is 0.480 e. The van der Waals surface area contributed by atoms with Crippen LogP contribution in [0.3, 0.4) is 0 Å². The van der Waals surface area contributed by atoms with E-state index in [1.54, 1.807) is 6.92 Å². The summed E-state index contributed by atoms with van der Waals surface area (Å²) in [5, 5.41) is 12.9. The lowest BCUT2D eigenvalue weighted by Gasteiger charge is -2.19. The van der Waals surface area contributed by atoms with Gasteiger partial charge in [0.15, 0.2) is 17.3 Å². The summed E-state index contributed by atoms with van der Waals surface area (Å²) in [6.07, 6.45) is 1.90. The second-order valence-corrected chi connectivity index (χ2v) is 5.30. The van der Waals surface area contributed by atoms with Gasteiger partial charge < -0.3 is 10.0 Å². The van der Waals surface area contributed by atoms with Gasteiger partial charge in [0.25, 0.3) is 5.91 Å². The zero-order valence-electron chi connectivity index (χ0n) is 13.3. The van der Waals surface area contributed by atoms with Crippen molar-refractivity contribution in [2.24, 2.45) is 0 Å². The molecule has 0 radical (unpaired) electrons. The van der Waals surface area contributed by atoms with Crippen molar-refractivity contribution in [3.8, 4) is 5.69 Å². The van der Waals surface area contributed by atoms with E-state index in [9.17, 15) is 18.4 Å². The number of aliphatic carboxylic acids is 1. The third kappa shape index (κ3) is 3.58. The summed E-state index contributed by atoms with van der Waals surface area (Å²) in [6.45, 7) is 3.15. The molecule has 1 aromatic heterocycles. The topological polar surface area (TPSA) is 75.4 Å². The predicted molar refractivity (Wildman–Crippen MR) is 82.0 cm³/mol. The lowest BCUT2D eigenvalue weighted by atomic mass is 10.2. The highest BCUT2D eigenvalue weighted by molar-refractivity contribution is 5.95. The molecule has 1 N–H and O–H groups in total. The molecule has 0 spiro atoms. The Balaban J connectivity index is 2.41. The fourth-order valence-corrected chi connectivity index (χ4v) is 2.33. The van der Waals surface area contributed by atoms with Crippen molar-refractivity contribution in [2.75, 3.05) is 13.1 Å².